The van der Waals surface area contributed by atoms with Crippen LogP contribution in [0.25, 0.3) is 22.0 Å². The molecule has 0 aliphatic heterocycles. The summed E-state index contributed by atoms with van der Waals surface area (Å²) in [5.74, 6) is 1.04. The number of nitrogens with one attached hydrogen (secondary N) is 1. The fourth-order valence-electron chi connectivity index (χ4n) is 4.84. The van der Waals surface area contributed by atoms with Gasteiger partial charge >= 0.3 is 0 Å². The average molecular weight is 418 g/mol. The molecule has 0 spiro atoms. The molecule has 1 aromatic heterocycles. The van der Waals surface area contributed by atoms with E-state index >= 15 is 0 Å². The number of rotatable bonds is 5. The predicted octanol–water partition coefficient (Wildman–Crippen LogP) is 5.02. The molecule has 1 fully saturated rings. The Bertz CT molecular complexity index is 1100. The Balaban J connectivity index is 1.80. The van der Waals surface area contributed by atoms with Crippen LogP contribution in [0.3, 0.4) is 0 Å². The van der Waals surface area contributed by atoms with Gasteiger partial charge in [-0.3, -0.25) is 4.79 Å². The molecular weight excluding hydrogens is 386 g/mol. The summed E-state index contributed by atoms with van der Waals surface area (Å²) in [4.78, 5) is 24.5. The van der Waals surface area contributed by atoms with Gasteiger partial charge in [-0.15, -0.1) is 0 Å². The molecule has 1 aliphatic carbocycles. The summed E-state index contributed by atoms with van der Waals surface area (Å²) < 4.78 is 0. The number of benzene rings is 2. The lowest BCUT2D eigenvalue weighted by Gasteiger charge is -2.34. The number of aryl methyl sites for hydroxylation is 1. The Labute approximate surface area is 183 Å². The zero-order valence-corrected chi connectivity index (χ0v) is 18.6. The predicted molar refractivity (Wildman–Crippen MR) is 127 cm³/mol. The molecule has 0 atom stereocenters. The highest BCUT2D eigenvalue weighted by Crippen LogP contribution is 2.33. The molecule has 162 valence electrons. The Morgan fingerprint density at radius 3 is 2.65 bits per heavy atom. The van der Waals surface area contributed by atoms with E-state index in [9.17, 15) is 4.79 Å². The number of amides is 1. The number of fused-ring (bicyclic) bond motifs is 1. The number of anilines is 2. The van der Waals surface area contributed by atoms with Crippen LogP contribution in [0, 0.1) is 6.92 Å². The van der Waals surface area contributed by atoms with Gasteiger partial charge in [0.2, 0.25) is 5.95 Å². The van der Waals surface area contributed by atoms with Crippen molar-refractivity contribution in [2.24, 2.45) is 0 Å². The third-order valence-corrected chi connectivity index (χ3v) is 6.36. The molecule has 2 aromatic carbocycles. The minimum Gasteiger partial charge on any atom is -0.372 e. The molecule has 0 radical (unpaired) electrons. The van der Waals surface area contributed by atoms with Crippen molar-refractivity contribution in [3.63, 3.8) is 0 Å². The van der Waals surface area contributed by atoms with Gasteiger partial charge in [0.1, 0.15) is 5.82 Å². The summed E-state index contributed by atoms with van der Waals surface area (Å²) in [6.07, 6.45) is 5.87. The van der Waals surface area contributed by atoms with Gasteiger partial charge in [-0.1, -0.05) is 37.5 Å². The highest BCUT2D eigenvalue weighted by atomic mass is 16.2. The first-order chi connectivity index (χ1) is 15.0. The quantitative estimate of drug-likeness (QED) is 0.609. The smallest absolute Gasteiger partial charge is 0.254 e. The Morgan fingerprint density at radius 2 is 1.94 bits per heavy atom. The molecule has 4 rings (SSSR count). The Morgan fingerprint density at radius 1 is 1.16 bits per heavy atom. The van der Waals surface area contributed by atoms with E-state index < -0.39 is 0 Å². The van der Waals surface area contributed by atoms with E-state index in [2.05, 4.69) is 40.1 Å². The van der Waals surface area contributed by atoms with Crippen LogP contribution in [0.5, 0.6) is 0 Å². The fourth-order valence-corrected chi connectivity index (χ4v) is 4.84. The van der Waals surface area contributed by atoms with Crippen LogP contribution in [-0.2, 0) is 0 Å². The minimum absolute atomic E-state index is 0.117. The number of nitrogen functional groups attached to an aromatic ring is 1. The molecule has 31 heavy (non-hydrogen) atoms. The van der Waals surface area contributed by atoms with Gasteiger partial charge < -0.3 is 16.0 Å². The van der Waals surface area contributed by atoms with Crippen LogP contribution in [0.1, 0.15) is 54.9 Å². The highest BCUT2D eigenvalue weighted by Gasteiger charge is 2.27. The number of nitrogens with two attached hydrogens (primary N) is 1. The second kappa shape index (κ2) is 8.92. The van der Waals surface area contributed by atoms with Gasteiger partial charge in [0.05, 0.1) is 5.52 Å². The summed E-state index contributed by atoms with van der Waals surface area (Å²) in [6.45, 7) is 4.86. The lowest BCUT2D eigenvalue weighted by atomic mass is 9.91. The molecule has 1 aliphatic rings. The van der Waals surface area contributed by atoms with Crippen LogP contribution < -0.4 is 11.1 Å². The number of carbonyl (C=O) groups excluding carboxylic acids is 1. The van der Waals surface area contributed by atoms with E-state index in [0.717, 1.165) is 52.5 Å². The molecule has 6 nitrogen and oxygen atoms in total. The van der Waals surface area contributed by atoms with Crippen molar-refractivity contribution in [3.05, 3.63) is 47.5 Å². The molecule has 3 aromatic rings. The third-order valence-electron chi connectivity index (χ3n) is 6.36. The van der Waals surface area contributed by atoms with Crippen LogP contribution in [0.15, 0.2) is 36.4 Å². The molecule has 3 N–H and O–H groups in total. The Hall–Kier alpha value is -3.15. The van der Waals surface area contributed by atoms with E-state index in [1.807, 2.05) is 37.4 Å². The van der Waals surface area contributed by atoms with Gasteiger partial charge in [-0.25, -0.2) is 4.98 Å². The van der Waals surface area contributed by atoms with E-state index in [4.69, 9.17) is 5.73 Å². The van der Waals surface area contributed by atoms with Gasteiger partial charge in [0, 0.05) is 30.6 Å². The average Bonchev–Trinajstić information content (AvgIpc) is 2.79. The second-order valence-corrected chi connectivity index (χ2v) is 8.29. The van der Waals surface area contributed by atoms with Crippen molar-refractivity contribution in [3.8, 4) is 11.1 Å². The standard InChI is InChI=1S/C25H31N5O/c1-4-30(18-10-6-5-7-11-18)24(31)20-12-8-9-16(2)22(20)17-13-14-19-21(15-17)28-25(26)29-23(19)27-3/h8-9,12-15,18H,4-7,10-11H2,1-3H3,(H3,26,27,28,29). The maximum Gasteiger partial charge on any atom is 0.254 e. The first kappa shape index (κ1) is 21.1. The monoisotopic (exact) mass is 417 g/mol. The van der Waals surface area contributed by atoms with Crippen molar-refractivity contribution in [1.82, 2.24) is 14.9 Å². The number of aromatic nitrogens is 2. The summed E-state index contributed by atoms with van der Waals surface area (Å²) in [5, 5.41) is 3.98. The maximum absolute atomic E-state index is 13.7. The molecule has 0 saturated heterocycles. The van der Waals surface area contributed by atoms with Crippen LogP contribution in [0.4, 0.5) is 11.8 Å². The lowest BCUT2D eigenvalue weighted by Crippen LogP contribution is -2.41. The number of hydrogen-bond acceptors (Lipinski definition) is 5. The minimum atomic E-state index is 0.117. The van der Waals surface area contributed by atoms with Gasteiger partial charge in [0.25, 0.3) is 5.91 Å². The molecule has 0 unspecified atom stereocenters. The van der Waals surface area contributed by atoms with Crippen LogP contribution in [-0.4, -0.2) is 40.4 Å². The SMILES string of the molecule is CCN(C(=O)c1cccc(C)c1-c1ccc2c(NC)nc(N)nc2c1)C1CCCCC1. The number of carbonyl (C=O) groups is 1. The summed E-state index contributed by atoms with van der Waals surface area (Å²) in [6, 6.07) is 12.4. The normalized spacial score (nSPS) is 14.5. The van der Waals surface area contributed by atoms with Crippen LogP contribution >= 0.6 is 0 Å². The fraction of sp³-hybridized carbons (Fsp3) is 0.400. The van der Waals surface area contributed by atoms with E-state index in [0.29, 0.717) is 11.9 Å². The van der Waals surface area contributed by atoms with Crippen LogP contribution in [0.2, 0.25) is 0 Å². The maximum atomic E-state index is 13.7. The zero-order valence-electron chi connectivity index (χ0n) is 18.6. The van der Waals surface area contributed by atoms with E-state index in [1.165, 1.54) is 19.3 Å². The van der Waals surface area contributed by atoms with Crippen molar-refractivity contribution in [2.45, 2.75) is 52.0 Å². The molecular formula is C25H31N5O. The van der Waals surface area contributed by atoms with Crippen molar-refractivity contribution in [1.29, 1.82) is 0 Å². The van der Waals surface area contributed by atoms with Crippen molar-refractivity contribution < 1.29 is 4.79 Å². The molecule has 1 saturated carbocycles. The lowest BCUT2D eigenvalue weighted by molar-refractivity contribution is 0.0648. The zero-order chi connectivity index (χ0) is 22.0. The third kappa shape index (κ3) is 4.07. The summed E-state index contributed by atoms with van der Waals surface area (Å²) >= 11 is 0. The summed E-state index contributed by atoms with van der Waals surface area (Å²) in [7, 11) is 1.82. The number of nitrogens with zero attached hydrogens (tertiary/aromatic N) is 3. The molecule has 1 amide bonds. The molecule has 6 heteroatoms. The summed E-state index contributed by atoms with van der Waals surface area (Å²) in [5.41, 5.74) is 10.4. The van der Waals surface area contributed by atoms with Gasteiger partial charge in [-0.05, 0) is 61.6 Å². The Kier molecular flexibility index (Phi) is 6.07. The molecule has 1 heterocycles. The van der Waals surface area contributed by atoms with Gasteiger partial charge in [0.15, 0.2) is 0 Å². The number of hydrogen-bond donors (Lipinski definition) is 2. The van der Waals surface area contributed by atoms with Gasteiger partial charge in [-0.2, -0.15) is 4.98 Å². The first-order valence-electron chi connectivity index (χ1n) is 11.2. The van der Waals surface area contributed by atoms with Crippen molar-refractivity contribution in [2.75, 3.05) is 24.6 Å². The largest absolute Gasteiger partial charge is 0.372 e. The van der Waals surface area contributed by atoms with E-state index in [-0.39, 0.29) is 11.9 Å². The second-order valence-electron chi connectivity index (χ2n) is 8.29. The van der Waals surface area contributed by atoms with E-state index in [1.54, 1.807) is 0 Å². The molecule has 0 bridgehead atoms. The first-order valence-corrected chi connectivity index (χ1v) is 11.2. The van der Waals surface area contributed by atoms with Crippen molar-refractivity contribution >= 4 is 28.6 Å². The highest BCUT2D eigenvalue weighted by molar-refractivity contribution is 6.03. The topological polar surface area (TPSA) is 84.1 Å².